The normalized spacial score (nSPS) is 16.2. The third-order valence-corrected chi connectivity index (χ3v) is 5.31. The Bertz CT molecular complexity index is 1190. The van der Waals surface area contributed by atoms with Gasteiger partial charge in [-0.15, -0.1) is 0 Å². The third kappa shape index (κ3) is 4.08. The molecule has 164 valence electrons. The number of nitrogens with one attached hydrogen (secondary N) is 1. The maximum absolute atomic E-state index is 13.6. The minimum atomic E-state index is -4.75. The number of carbonyl (C=O) groups excluding carboxylic acids is 2. The first-order valence-electron chi connectivity index (χ1n) is 9.78. The van der Waals surface area contributed by atoms with Gasteiger partial charge in [-0.1, -0.05) is 42.0 Å². The lowest BCUT2D eigenvalue weighted by Gasteiger charge is -2.31. The molecule has 0 aliphatic carbocycles. The molecule has 0 saturated heterocycles. The first-order chi connectivity index (χ1) is 15.1. The molecule has 0 unspecified atom stereocenters. The molecule has 0 aromatic heterocycles. The van der Waals surface area contributed by atoms with Crippen LogP contribution in [0.2, 0.25) is 0 Å². The van der Waals surface area contributed by atoms with Gasteiger partial charge < -0.3 is 10.2 Å². The van der Waals surface area contributed by atoms with Gasteiger partial charge in [-0.3, -0.25) is 9.59 Å². The van der Waals surface area contributed by atoms with Gasteiger partial charge in [-0.2, -0.15) is 13.2 Å². The number of aryl methyl sites for hydroxylation is 1. The Balaban J connectivity index is 1.92. The monoisotopic (exact) mass is 442 g/mol. The number of alkyl halides is 3. The molecule has 0 fully saturated rings. The van der Waals surface area contributed by atoms with Crippen LogP contribution in [0.1, 0.15) is 38.7 Å². The highest BCUT2D eigenvalue weighted by molar-refractivity contribution is 6.02. The van der Waals surface area contributed by atoms with Gasteiger partial charge in [0.15, 0.2) is 0 Å². The lowest BCUT2D eigenvalue weighted by molar-refractivity contribution is -0.138. The summed E-state index contributed by atoms with van der Waals surface area (Å²) >= 11 is 0. The van der Waals surface area contributed by atoms with Gasteiger partial charge in [0.05, 0.1) is 17.2 Å². The zero-order valence-corrected chi connectivity index (χ0v) is 16.9. The number of carbonyl (C=O) groups is 2. The molecule has 2 amide bonds. The summed E-state index contributed by atoms with van der Waals surface area (Å²) in [5.41, 5.74) is 0.616. The zero-order chi connectivity index (χ0) is 23.0. The molecule has 8 heteroatoms. The summed E-state index contributed by atoms with van der Waals surface area (Å²) in [6.45, 7) is 1.35. The molecule has 0 spiro atoms. The van der Waals surface area contributed by atoms with E-state index in [1.165, 1.54) is 36.4 Å². The van der Waals surface area contributed by atoms with Crippen molar-refractivity contribution in [1.82, 2.24) is 4.90 Å². The summed E-state index contributed by atoms with van der Waals surface area (Å²) in [6, 6.07) is 14.1. The van der Waals surface area contributed by atoms with E-state index in [4.69, 9.17) is 0 Å². The molecule has 1 aliphatic rings. The number of nitrogens with zero attached hydrogens (tertiary/aromatic N) is 1. The number of benzene rings is 3. The van der Waals surface area contributed by atoms with Gasteiger partial charge in [0.1, 0.15) is 12.4 Å². The zero-order valence-electron chi connectivity index (χ0n) is 16.9. The standard InChI is InChI=1S/C24H18F4N2O2/c1-14-6-11-20-18(12-14)22(15-7-9-16(25)10-8-15)30(13-21(31)29-20)23(32)17-4-2-3-5-19(17)24(26,27)28/h2-12,22H,13H2,1H3,(H,29,31)/t22-/m1/s1. The largest absolute Gasteiger partial charge is 0.417 e. The van der Waals surface area contributed by atoms with Crippen LogP contribution < -0.4 is 5.32 Å². The quantitative estimate of drug-likeness (QED) is 0.545. The Labute approximate surface area is 181 Å². The van der Waals surface area contributed by atoms with Crippen molar-refractivity contribution in [2.45, 2.75) is 19.1 Å². The summed E-state index contributed by atoms with van der Waals surface area (Å²) in [7, 11) is 0. The molecule has 3 aromatic carbocycles. The van der Waals surface area contributed by atoms with Crippen molar-refractivity contribution >= 4 is 17.5 Å². The molecule has 0 radical (unpaired) electrons. The number of hydrogen-bond acceptors (Lipinski definition) is 2. The van der Waals surface area contributed by atoms with E-state index in [9.17, 15) is 27.2 Å². The molecule has 32 heavy (non-hydrogen) atoms. The van der Waals surface area contributed by atoms with Gasteiger partial charge in [0, 0.05) is 11.3 Å². The topological polar surface area (TPSA) is 49.4 Å². The molecule has 3 aromatic rings. The molecule has 1 N–H and O–H groups in total. The fourth-order valence-electron chi connectivity index (χ4n) is 3.89. The van der Waals surface area contributed by atoms with Crippen LogP contribution >= 0.6 is 0 Å². The van der Waals surface area contributed by atoms with Crippen molar-refractivity contribution < 1.29 is 27.2 Å². The fourth-order valence-corrected chi connectivity index (χ4v) is 3.89. The van der Waals surface area contributed by atoms with Gasteiger partial charge in [0.25, 0.3) is 5.91 Å². The van der Waals surface area contributed by atoms with Crippen LogP contribution in [0.5, 0.6) is 0 Å². The molecule has 0 bridgehead atoms. The lowest BCUT2D eigenvalue weighted by Crippen LogP contribution is -2.39. The fraction of sp³-hybridized carbons (Fsp3) is 0.167. The van der Waals surface area contributed by atoms with Crippen LogP contribution in [0, 0.1) is 12.7 Å². The molecule has 1 aliphatic heterocycles. The van der Waals surface area contributed by atoms with E-state index >= 15 is 0 Å². The predicted octanol–water partition coefficient (Wildman–Crippen LogP) is 5.34. The highest BCUT2D eigenvalue weighted by Crippen LogP contribution is 2.39. The summed E-state index contributed by atoms with van der Waals surface area (Å²) in [5, 5.41) is 2.71. The number of fused-ring (bicyclic) bond motifs is 1. The second-order valence-corrected chi connectivity index (χ2v) is 7.57. The maximum Gasteiger partial charge on any atom is 0.417 e. The Morgan fingerprint density at radius 2 is 1.72 bits per heavy atom. The molecular weight excluding hydrogens is 424 g/mol. The highest BCUT2D eigenvalue weighted by Gasteiger charge is 2.39. The Hall–Kier alpha value is -3.68. The second kappa shape index (κ2) is 8.11. The predicted molar refractivity (Wildman–Crippen MR) is 111 cm³/mol. The van der Waals surface area contributed by atoms with Crippen molar-refractivity contribution in [3.63, 3.8) is 0 Å². The summed E-state index contributed by atoms with van der Waals surface area (Å²) < 4.78 is 54.4. The lowest BCUT2D eigenvalue weighted by atomic mass is 9.93. The van der Waals surface area contributed by atoms with Crippen LogP contribution in [0.15, 0.2) is 66.7 Å². The average molecular weight is 442 g/mol. The molecule has 4 nitrogen and oxygen atoms in total. The SMILES string of the molecule is Cc1ccc2c(c1)[C@@H](c1ccc(F)cc1)N(C(=O)c1ccccc1C(F)(F)F)CC(=O)N2. The van der Waals surface area contributed by atoms with Gasteiger partial charge in [0.2, 0.25) is 5.91 Å². The van der Waals surface area contributed by atoms with Crippen molar-refractivity contribution in [1.29, 1.82) is 0 Å². The van der Waals surface area contributed by atoms with Crippen molar-refractivity contribution in [2.75, 3.05) is 11.9 Å². The molecule has 1 heterocycles. The third-order valence-electron chi connectivity index (χ3n) is 5.31. The van der Waals surface area contributed by atoms with Gasteiger partial charge in [-0.05, 0) is 42.8 Å². The smallest absolute Gasteiger partial charge is 0.324 e. The Morgan fingerprint density at radius 3 is 2.41 bits per heavy atom. The van der Waals surface area contributed by atoms with Crippen LogP contribution in [0.4, 0.5) is 23.2 Å². The summed E-state index contributed by atoms with van der Waals surface area (Å²) in [4.78, 5) is 27.2. The molecule has 4 rings (SSSR count). The average Bonchev–Trinajstić information content (AvgIpc) is 2.89. The van der Waals surface area contributed by atoms with Crippen LogP contribution in [-0.4, -0.2) is 23.3 Å². The summed E-state index contributed by atoms with van der Waals surface area (Å²) in [6.07, 6.45) is -4.75. The first kappa shape index (κ1) is 21.5. The van der Waals surface area contributed by atoms with E-state index in [1.807, 2.05) is 6.92 Å². The minimum absolute atomic E-state index is 0.439. The number of halogens is 4. The van der Waals surface area contributed by atoms with Crippen LogP contribution in [0.3, 0.4) is 0 Å². The van der Waals surface area contributed by atoms with E-state index < -0.39 is 47.5 Å². The van der Waals surface area contributed by atoms with Gasteiger partial charge >= 0.3 is 6.18 Å². The van der Waals surface area contributed by atoms with Crippen LogP contribution in [0.25, 0.3) is 0 Å². The van der Waals surface area contributed by atoms with E-state index in [1.54, 1.807) is 18.2 Å². The minimum Gasteiger partial charge on any atom is -0.324 e. The van der Waals surface area contributed by atoms with E-state index in [0.29, 0.717) is 16.8 Å². The van der Waals surface area contributed by atoms with Crippen molar-refractivity contribution in [3.8, 4) is 0 Å². The number of amides is 2. The highest BCUT2D eigenvalue weighted by atomic mass is 19.4. The number of anilines is 1. The van der Waals surface area contributed by atoms with Crippen molar-refractivity contribution in [2.24, 2.45) is 0 Å². The number of rotatable bonds is 2. The Kier molecular flexibility index (Phi) is 5.46. The van der Waals surface area contributed by atoms with E-state index in [2.05, 4.69) is 5.32 Å². The van der Waals surface area contributed by atoms with E-state index in [-0.39, 0.29) is 0 Å². The van der Waals surface area contributed by atoms with Gasteiger partial charge in [-0.25, -0.2) is 4.39 Å². The number of hydrogen-bond donors (Lipinski definition) is 1. The van der Waals surface area contributed by atoms with Crippen molar-refractivity contribution in [3.05, 3.63) is 100 Å². The molecule has 0 saturated carbocycles. The summed E-state index contributed by atoms with van der Waals surface area (Å²) in [5.74, 6) is -1.99. The molecular formula is C24H18F4N2O2. The maximum atomic E-state index is 13.6. The molecule has 1 atom stereocenters. The Morgan fingerprint density at radius 1 is 1.03 bits per heavy atom. The second-order valence-electron chi connectivity index (χ2n) is 7.57. The van der Waals surface area contributed by atoms with E-state index in [0.717, 1.165) is 22.6 Å². The van der Waals surface area contributed by atoms with Crippen LogP contribution in [-0.2, 0) is 11.0 Å². The first-order valence-corrected chi connectivity index (χ1v) is 9.78.